The molecule has 4 heterocycles. The van der Waals surface area contributed by atoms with Crippen molar-refractivity contribution in [2.75, 3.05) is 26.9 Å². The van der Waals surface area contributed by atoms with Crippen molar-refractivity contribution < 1.29 is 19.0 Å². The Hall–Kier alpha value is -2.36. The summed E-state index contributed by atoms with van der Waals surface area (Å²) in [5.74, 6) is 1.34. The van der Waals surface area contributed by atoms with Crippen LogP contribution in [0.1, 0.15) is 29.9 Å². The van der Waals surface area contributed by atoms with E-state index in [1.165, 1.54) is 0 Å². The Kier molecular flexibility index (Phi) is 5.07. The Morgan fingerprint density at radius 3 is 2.97 bits per heavy atom. The maximum absolute atomic E-state index is 13.4. The third-order valence-electron chi connectivity index (χ3n) is 5.79. The van der Waals surface area contributed by atoms with Crippen LogP contribution in [0, 0.1) is 0 Å². The van der Waals surface area contributed by atoms with E-state index in [2.05, 4.69) is 31.5 Å². The molecule has 162 valence electrons. The van der Waals surface area contributed by atoms with Gasteiger partial charge >= 0.3 is 0 Å². The molecular weight excluding hydrogens is 482 g/mol. The molecule has 1 saturated heterocycles. The predicted octanol–water partition coefficient (Wildman–Crippen LogP) is 4.72. The number of aromatic amines is 1. The van der Waals surface area contributed by atoms with Crippen LogP contribution in [0.2, 0.25) is 0 Å². The van der Waals surface area contributed by atoms with Gasteiger partial charge in [0.05, 0.1) is 35.9 Å². The molecule has 1 aromatic carbocycles. The lowest BCUT2D eigenvalue weighted by atomic mass is 9.95. The predicted molar refractivity (Wildman–Crippen MR) is 122 cm³/mol. The quantitative estimate of drug-likeness (QED) is 0.559. The van der Waals surface area contributed by atoms with Crippen LogP contribution in [0.3, 0.4) is 0 Å². The van der Waals surface area contributed by atoms with Crippen LogP contribution in [0.5, 0.6) is 11.5 Å². The smallest absolute Gasteiger partial charge is 0.272 e. The van der Waals surface area contributed by atoms with Gasteiger partial charge in [-0.1, -0.05) is 0 Å². The molecule has 7 nitrogen and oxygen atoms in total. The van der Waals surface area contributed by atoms with E-state index in [4.69, 9.17) is 14.2 Å². The normalized spacial score (nSPS) is 17.0. The van der Waals surface area contributed by atoms with Gasteiger partial charge in [-0.05, 0) is 58.2 Å². The number of hydrogen-bond acceptors (Lipinski definition) is 6. The molecule has 1 N–H and O–H groups in total. The monoisotopic (exact) mass is 503 g/mol. The second-order valence-corrected chi connectivity index (χ2v) is 9.83. The molecule has 0 spiro atoms. The van der Waals surface area contributed by atoms with Crippen molar-refractivity contribution in [3.05, 3.63) is 38.6 Å². The second kappa shape index (κ2) is 7.65. The number of nitrogens with zero attached hydrogens (tertiary/aromatic N) is 2. The number of rotatable bonds is 3. The lowest BCUT2D eigenvalue weighted by Crippen LogP contribution is -2.55. The molecule has 1 fully saturated rings. The van der Waals surface area contributed by atoms with Gasteiger partial charge in [0, 0.05) is 17.7 Å². The van der Waals surface area contributed by atoms with E-state index in [1.54, 1.807) is 18.4 Å². The number of carbonyl (C=O) groups is 1. The number of hydrogen-bond donors (Lipinski definition) is 1. The Morgan fingerprint density at radius 2 is 2.26 bits per heavy atom. The highest BCUT2D eigenvalue weighted by Gasteiger charge is 2.38. The Labute approximate surface area is 192 Å². The molecule has 9 heteroatoms. The van der Waals surface area contributed by atoms with Crippen molar-refractivity contribution in [1.29, 1.82) is 0 Å². The molecule has 0 radical (unpaired) electrons. The van der Waals surface area contributed by atoms with Crippen molar-refractivity contribution in [3.8, 4) is 33.9 Å². The lowest BCUT2D eigenvalue weighted by molar-refractivity contribution is -0.0374. The van der Waals surface area contributed by atoms with E-state index in [-0.39, 0.29) is 18.1 Å². The number of thiophene rings is 1. The molecule has 31 heavy (non-hydrogen) atoms. The number of fused-ring (bicyclic) bond motifs is 3. The zero-order valence-electron chi connectivity index (χ0n) is 17.5. The van der Waals surface area contributed by atoms with Gasteiger partial charge in [-0.2, -0.15) is 16.4 Å². The third kappa shape index (κ3) is 3.26. The van der Waals surface area contributed by atoms with E-state index in [0.29, 0.717) is 37.0 Å². The minimum atomic E-state index is -0.386. The molecule has 0 atom stereocenters. The zero-order valence-corrected chi connectivity index (χ0v) is 19.9. The highest BCUT2D eigenvalue weighted by atomic mass is 79.9. The molecule has 3 aromatic rings. The van der Waals surface area contributed by atoms with Crippen molar-refractivity contribution >= 4 is 33.2 Å². The average molecular weight is 504 g/mol. The van der Waals surface area contributed by atoms with Crippen molar-refractivity contribution in [2.45, 2.75) is 26.0 Å². The maximum Gasteiger partial charge on any atom is 0.272 e. The van der Waals surface area contributed by atoms with Gasteiger partial charge in [0.1, 0.15) is 29.5 Å². The number of aromatic nitrogens is 2. The number of morpholine rings is 1. The van der Waals surface area contributed by atoms with Crippen LogP contribution >= 0.6 is 27.3 Å². The molecular formula is C22H22BrN3O4S. The molecule has 1 amide bonds. The Bertz CT molecular complexity index is 1160. The standard InChI is InChI=1S/C22H22BrN3O4S/c1-22(2)11-29-6-5-26(22)21(27)18-14-9-30-19-13(17(14)24-25-18)8-15(23)20(28-3)16(19)12-4-7-31-10-12/h4,7-8,10H,5-6,9,11H2,1-3H3,(H,24,25). The van der Waals surface area contributed by atoms with Crippen LogP contribution in [-0.4, -0.2) is 53.4 Å². The molecule has 0 unspecified atom stereocenters. The summed E-state index contributed by atoms with van der Waals surface area (Å²) in [7, 11) is 1.64. The van der Waals surface area contributed by atoms with E-state index in [1.807, 2.05) is 36.3 Å². The summed E-state index contributed by atoms with van der Waals surface area (Å²) in [5, 5.41) is 11.6. The highest BCUT2D eigenvalue weighted by Crippen LogP contribution is 2.51. The number of methoxy groups -OCH3 is 1. The minimum absolute atomic E-state index is 0.0836. The molecule has 0 saturated carbocycles. The van der Waals surface area contributed by atoms with Gasteiger partial charge < -0.3 is 19.1 Å². The fourth-order valence-corrected chi connectivity index (χ4v) is 5.46. The lowest BCUT2D eigenvalue weighted by Gasteiger charge is -2.42. The van der Waals surface area contributed by atoms with Gasteiger partial charge in [0.15, 0.2) is 0 Å². The zero-order chi connectivity index (χ0) is 21.8. The number of benzene rings is 1. The largest absolute Gasteiger partial charge is 0.495 e. The first-order valence-electron chi connectivity index (χ1n) is 9.95. The first kappa shape index (κ1) is 20.5. The Morgan fingerprint density at radius 1 is 1.42 bits per heavy atom. The molecule has 0 bridgehead atoms. The molecule has 5 rings (SSSR count). The summed E-state index contributed by atoms with van der Waals surface area (Å²) in [4.78, 5) is 15.2. The van der Waals surface area contributed by atoms with Crippen molar-refractivity contribution in [1.82, 2.24) is 15.1 Å². The number of H-pyrrole nitrogens is 1. The molecule has 2 aliphatic rings. The number of nitrogens with one attached hydrogen (secondary N) is 1. The van der Waals surface area contributed by atoms with Crippen molar-refractivity contribution in [3.63, 3.8) is 0 Å². The summed E-state index contributed by atoms with van der Waals surface area (Å²) in [6.45, 7) is 5.85. The number of halogens is 1. The van der Waals surface area contributed by atoms with Gasteiger partial charge in [0.25, 0.3) is 5.91 Å². The van der Waals surface area contributed by atoms with Crippen molar-refractivity contribution in [2.24, 2.45) is 0 Å². The summed E-state index contributed by atoms with van der Waals surface area (Å²) < 4.78 is 18.3. The first-order valence-corrected chi connectivity index (χ1v) is 11.7. The summed E-state index contributed by atoms with van der Waals surface area (Å²) in [6.07, 6.45) is 0. The number of ether oxygens (including phenoxy) is 3. The maximum atomic E-state index is 13.4. The van der Waals surface area contributed by atoms with Gasteiger partial charge in [-0.15, -0.1) is 0 Å². The van der Waals surface area contributed by atoms with E-state index < -0.39 is 0 Å². The van der Waals surface area contributed by atoms with Crippen LogP contribution in [0.25, 0.3) is 22.4 Å². The number of carbonyl (C=O) groups excluding carboxylic acids is 1. The highest BCUT2D eigenvalue weighted by molar-refractivity contribution is 9.10. The van der Waals surface area contributed by atoms with Gasteiger partial charge in [-0.25, -0.2) is 0 Å². The van der Waals surface area contributed by atoms with E-state index in [9.17, 15) is 4.79 Å². The fourth-order valence-electron chi connectivity index (χ4n) is 4.23. The Balaban J connectivity index is 1.62. The van der Waals surface area contributed by atoms with E-state index in [0.717, 1.165) is 32.4 Å². The fraction of sp³-hybridized carbons (Fsp3) is 0.364. The van der Waals surface area contributed by atoms with Gasteiger partial charge in [-0.3, -0.25) is 9.89 Å². The van der Waals surface area contributed by atoms with Crippen LogP contribution in [0.15, 0.2) is 27.4 Å². The van der Waals surface area contributed by atoms with E-state index >= 15 is 0 Å². The summed E-state index contributed by atoms with van der Waals surface area (Å²) in [6, 6.07) is 3.98. The first-order chi connectivity index (χ1) is 14.9. The van der Waals surface area contributed by atoms with Gasteiger partial charge in [0.2, 0.25) is 0 Å². The molecule has 2 aliphatic heterocycles. The minimum Gasteiger partial charge on any atom is -0.495 e. The van der Waals surface area contributed by atoms with Crippen LogP contribution in [-0.2, 0) is 11.3 Å². The number of amides is 1. The molecule has 2 aromatic heterocycles. The SMILES string of the molecule is COc1c(Br)cc2c(c1-c1ccsc1)OCc1c-2n[nH]c1C(=O)N1CCOCC1(C)C. The topological polar surface area (TPSA) is 76.7 Å². The van der Waals surface area contributed by atoms with Crippen LogP contribution < -0.4 is 9.47 Å². The molecule has 0 aliphatic carbocycles. The average Bonchev–Trinajstić information content (AvgIpc) is 3.42. The third-order valence-corrected chi connectivity index (χ3v) is 7.06. The summed E-state index contributed by atoms with van der Waals surface area (Å²) >= 11 is 5.24. The summed E-state index contributed by atoms with van der Waals surface area (Å²) in [5.41, 5.74) is 4.31. The van der Waals surface area contributed by atoms with Crippen LogP contribution in [0.4, 0.5) is 0 Å². The second-order valence-electron chi connectivity index (χ2n) is 8.19.